The molecule has 2 N–H and O–H groups in total. The number of benzene rings is 1. The van der Waals surface area contributed by atoms with Gasteiger partial charge in [0.05, 0.1) is 5.69 Å². The van der Waals surface area contributed by atoms with Gasteiger partial charge < -0.3 is 10.5 Å². The number of nitrogens with two attached hydrogens (primary N) is 1. The highest BCUT2D eigenvalue weighted by molar-refractivity contribution is 5.61. The maximum atomic E-state index is 13.2. The predicted molar refractivity (Wildman–Crippen MR) is 71.2 cm³/mol. The van der Waals surface area contributed by atoms with Crippen LogP contribution in [0.2, 0.25) is 0 Å². The van der Waals surface area contributed by atoms with Crippen LogP contribution in [0.4, 0.5) is 10.1 Å². The lowest BCUT2D eigenvalue weighted by Gasteiger charge is -2.09. The van der Waals surface area contributed by atoms with E-state index in [-0.39, 0.29) is 5.69 Å². The molecular formula is C13H16FN5O. The topological polar surface area (TPSA) is 78.9 Å². The zero-order valence-electron chi connectivity index (χ0n) is 11.0. The van der Waals surface area contributed by atoms with Gasteiger partial charge in [0.15, 0.2) is 5.82 Å². The average Bonchev–Trinajstić information content (AvgIpc) is 3.10. The first-order valence-corrected chi connectivity index (χ1v) is 6.63. The van der Waals surface area contributed by atoms with E-state index in [1.807, 2.05) is 0 Å². The Morgan fingerprint density at radius 3 is 3.10 bits per heavy atom. The Kier molecular flexibility index (Phi) is 3.60. The van der Waals surface area contributed by atoms with Crippen LogP contribution in [0, 0.1) is 11.7 Å². The van der Waals surface area contributed by atoms with Crippen LogP contribution in [0.1, 0.15) is 12.8 Å². The number of halogens is 1. The molecule has 1 aliphatic rings. The average molecular weight is 277 g/mol. The zero-order chi connectivity index (χ0) is 13.9. The third-order valence-corrected chi connectivity index (χ3v) is 3.56. The van der Waals surface area contributed by atoms with Crippen LogP contribution >= 0.6 is 0 Å². The van der Waals surface area contributed by atoms with Crippen molar-refractivity contribution in [3.05, 3.63) is 24.0 Å². The van der Waals surface area contributed by atoms with Crippen LogP contribution in [-0.2, 0) is 11.3 Å². The maximum Gasteiger partial charge on any atom is 0.182 e. The van der Waals surface area contributed by atoms with Crippen molar-refractivity contribution >= 4 is 5.69 Å². The van der Waals surface area contributed by atoms with Gasteiger partial charge in [-0.15, -0.1) is 5.10 Å². The fourth-order valence-corrected chi connectivity index (χ4v) is 2.36. The number of aromatic nitrogens is 4. The first kappa shape index (κ1) is 13.0. The van der Waals surface area contributed by atoms with E-state index in [0.29, 0.717) is 18.3 Å². The lowest BCUT2D eigenvalue weighted by Crippen LogP contribution is -2.09. The number of rotatable bonds is 4. The van der Waals surface area contributed by atoms with Gasteiger partial charge in [-0.3, -0.25) is 0 Å². The summed E-state index contributed by atoms with van der Waals surface area (Å²) < 4.78 is 20.3. The lowest BCUT2D eigenvalue weighted by molar-refractivity contribution is 0.183. The van der Waals surface area contributed by atoms with Crippen molar-refractivity contribution in [2.75, 3.05) is 18.9 Å². The van der Waals surface area contributed by atoms with E-state index in [1.54, 1.807) is 16.8 Å². The number of hydrogen-bond acceptors (Lipinski definition) is 5. The van der Waals surface area contributed by atoms with Gasteiger partial charge in [0.1, 0.15) is 5.82 Å². The Labute approximate surface area is 115 Å². The molecule has 1 saturated heterocycles. The maximum absolute atomic E-state index is 13.2. The second kappa shape index (κ2) is 5.54. The van der Waals surface area contributed by atoms with Crippen molar-refractivity contribution in [1.29, 1.82) is 0 Å². The highest BCUT2D eigenvalue weighted by Gasteiger charge is 2.17. The molecule has 0 radical (unpaired) electrons. The third-order valence-electron chi connectivity index (χ3n) is 3.56. The summed E-state index contributed by atoms with van der Waals surface area (Å²) in [6, 6.07) is 4.51. The number of ether oxygens (including phenoxy) is 1. The summed E-state index contributed by atoms with van der Waals surface area (Å²) in [4.78, 5) is 0. The van der Waals surface area contributed by atoms with E-state index in [9.17, 15) is 4.39 Å². The van der Waals surface area contributed by atoms with Crippen molar-refractivity contribution in [3.8, 4) is 11.4 Å². The molecule has 0 aliphatic carbocycles. The van der Waals surface area contributed by atoms with Crippen LogP contribution in [-0.4, -0.2) is 33.4 Å². The number of nitrogens with zero attached hydrogens (tertiary/aromatic N) is 4. The van der Waals surface area contributed by atoms with Gasteiger partial charge in [-0.25, -0.2) is 9.07 Å². The van der Waals surface area contributed by atoms with E-state index in [2.05, 4.69) is 15.5 Å². The van der Waals surface area contributed by atoms with Crippen molar-refractivity contribution in [3.63, 3.8) is 0 Å². The molecule has 2 aromatic rings. The van der Waals surface area contributed by atoms with Gasteiger partial charge in [0.25, 0.3) is 0 Å². The molecule has 1 atom stereocenters. The van der Waals surface area contributed by atoms with E-state index in [4.69, 9.17) is 10.5 Å². The fourth-order valence-electron chi connectivity index (χ4n) is 2.36. The van der Waals surface area contributed by atoms with E-state index in [0.717, 1.165) is 31.6 Å². The Morgan fingerprint density at radius 1 is 1.45 bits per heavy atom. The van der Waals surface area contributed by atoms with Crippen LogP contribution in [0.3, 0.4) is 0 Å². The Morgan fingerprint density at radius 2 is 2.35 bits per heavy atom. The summed E-state index contributed by atoms with van der Waals surface area (Å²) in [5.74, 6) is 0.733. The lowest BCUT2D eigenvalue weighted by atomic mass is 10.1. The van der Waals surface area contributed by atoms with Crippen molar-refractivity contribution < 1.29 is 9.13 Å². The van der Waals surface area contributed by atoms with Gasteiger partial charge >= 0.3 is 0 Å². The molecule has 1 fully saturated rings. The minimum absolute atomic E-state index is 0.0984. The second-order valence-corrected chi connectivity index (χ2v) is 4.98. The van der Waals surface area contributed by atoms with Gasteiger partial charge in [-0.05, 0) is 47.4 Å². The molecule has 0 saturated carbocycles. The summed E-state index contributed by atoms with van der Waals surface area (Å²) in [6.45, 7) is 2.36. The summed E-state index contributed by atoms with van der Waals surface area (Å²) >= 11 is 0. The highest BCUT2D eigenvalue weighted by Crippen LogP contribution is 2.22. The molecule has 7 heteroatoms. The zero-order valence-corrected chi connectivity index (χ0v) is 11.0. The van der Waals surface area contributed by atoms with Gasteiger partial charge in [0, 0.05) is 25.3 Å². The molecule has 106 valence electrons. The molecular weight excluding hydrogens is 261 g/mol. The SMILES string of the molecule is Nc1cc(-c2nnnn2CCC2CCOC2)ccc1F. The molecule has 20 heavy (non-hydrogen) atoms. The number of aryl methyl sites for hydroxylation is 1. The molecule has 1 aromatic heterocycles. The molecule has 0 amide bonds. The Balaban J connectivity index is 1.76. The number of anilines is 1. The summed E-state index contributed by atoms with van der Waals surface area (Å²) in [7, 11) is 0. The third kappa shape index (κ3) is 2.62. The van der Waals surface area contributed by atoms with Crippen LogP contribution in [0.15, 0.2) is 18.2 Å². The standard InChI is InChI=1S/C13H16FN5O/c14-11-2-1-10(7-12(11)15)13-16-17-18-19(13)5-3-9-4-6-20-8-9/h1-2,7,9H,3-6,8,15H2. The summed E-state index contributed by atoms with van der Waals surface area (Å²) in [5, 5.41) is 11.7. The largest absolute Gasteiger partial charge is 0.396 e. The molecule has 0 spiro atoms. The Hall–Kier alpha value is -2.02. The fraction of sp³-hybridized carbons (Fsp3) is 0.462. The second-order valence-electron chi connectivity index (χ2n) is 4.98. The van der Waals surface area contributed by atoms with Gasteiger partial charge in [-0.1, -0.05) is 0 Å². The number of tetrazole rings is 1. The number of nitrogen functional groups attached to an aromatic ring is 1. The summed E-state index contributed by atoms with van der Waals surface area (Å²) in [6.07, 6.45) is 2.05. The van der Waals surface area contributed by atoms with Crippen LogP contribution < -0.4 is 5.73 Å². The van der Waals surface area contributed by atoms with Crippen molar-refractivity contribution in [2.24, 2.45) is 5.92 Å². The molecule has 3 rings (SSSR count). The minimum atomic E-state index is -0.434. The van der Waals surface area contributed by atoms with Gasteiger partial charge in [-0.2, -0.15) is 0 Å². The summed E-state index contributed by atoms with van der Waals surface area (Å²) in [5.41, 5.74) is 6.40. The van der Waals surface area contributed by atoms with E-state index < -0.39 is 5.82 Å². The molecule has 0 bridgehead atoms. The minimum Gasteiger partial charge on any atom is -0.396 e. The molecule has 2 heterocycles. The first-order valence-electron chi connectivity index (χ1n) is 6.63. The predicted octanol–water partition coefficient (Wildman–Crippen LogP) is 1.49. The molecule has 6 nitrogen and oxygen atoms in total. The first-order chi connectivity index (χ1) is 9.74. The monoisotopic (exact) mass is 277 g/mol. The molecule has 1 aliphatic heterocycles. The highest BCUT2D eigenvalue weighted by atomic mass is 19.1. The molecule has 1 unspecified atom stereocenters. The van der Waals surface area contributed by atoms with Crippen LogP contribution in [0.25, 0.3) is 11.4 Å². The van der Waals surface area contributed by atoms with Crippen molar-refractivity contribution in [1.82, 2.24) is 20.2 Å². The van der Waals surface area contributed by atoms with E-state index >= 15 is 0 Å². The molecule has 1 aromatic carbocycles. The van der Waals surface area contributed by atoms with Crippen LogP contribution in [0.5, 0.6) is 0 Å². The number of hydrogen-bond donors (Lipinski definition) is 1. The smallest absolute Gasteiger partial charge is 0.182 e. The quantitative estimate of drug-likeness (QED) is 0.856. The Bertz CT molecular complexity index is 594. The van der Waals surface area contributed by atoms with E-state index in [1.165, 1.54) is 6.07 Å². The van der Waals surface area contributed by atoms with Gasteiger partial charge in [0.2, 0.25) is 0 Å². The van der Waals surface area contributed by atoms with Crippen molar-refractivity contribution in [2.45, 2.75) is 19.4 Å². The normalized spacial score (nSPS) is 18.6.